The molecule has 0 unspecified atom stereocenters. The van der Waals surface area contributed by atoms with Crippen LogP contribution in [-0.2, 0) is 10.3 Å². The van der Waals surface area contributed by atoms with Crippen molar-refractivity contribution in [3.8, 4) is 11.1 Å². The van der Waals surface area contributed by atoms with Gasteiger partial charge >= 0.3 is 5.97 Å². The molecule has 0 amide bonds. The molecule has 0 aliphatic heterocycles. The van der Waals surface area contributed by atoms with Crippen LogP contribution in [-0.4, -0.2) is 20.9 Å². The van der Waals surface area contributed by atoms with Crippen LogP contribution in [0.3, 0.4) is 0 Å². The smallest absolute Gasteiger partial charge is 0.331 e. The van der Waals surface area contributed by atoms with E-state index in [0.29, 0.717) is 0 Å². The van der Waals surface area contributed by atoms with Gasteiger partial charge in [0.2, 0.25) is 0 Å². The van der Waals surface area contributed by atoms with Crippen LogP contribution in [0.5, 0.6) is 0 Å². The summed E-state index contributed by atoms with van der Waals surface area (Å²) in [7, 11) is 0. The van der Waals surface area contributed by atoms with E-state index in [2.05, 4.69) is 5.10 Å². The Bertz CT molecular complexity index is 573. The summed E-state index contributed by atoms with van der Waals surface area (Å²) in [6.07, 6.45) is 3.21. The van der Waals surface area contributed by atoms with Crippen molar-refractivity contribution in [1.82, 2.24) is 9.78 Å². The first-order valence-electron chi connectivity index (χ1n) is 5.46. The standard InChI is InChI=1S/C13H13FN2O2/c1-13(2,12(17)18)16-8-10(7-15-16)9-3-5-11(14)6-4-9/h3-8H,1-2H3,(H,17,18). The molecule has 0 saturated carbocycles. The van der Waals surface area contributed by atoms with E-state index in [0.717, 1.165) is 11.1 Å². The largest absolute Gasteiger partial charge is 0.479 e. The summed E-state index contributed by atoms with van der Waals surface area (Å²) in [5.41, 5.74) is 0.436. The maximum atomic E-state index is 12.8. The molecular weight excluding hydrogens is 235 g/mol. The van der Waals surface area contributed by atoms with Crippen molar-refractivity contribution < 1.29 is 14.3 Å². The zero-order valence-electron chi connectivity index (χ0n) is 10.1. The van der Waals surface area contributed by atoms with E-state index in [1.807, 2.05) is 0 Å². The third kappa shape index (κ3) is 2.11. The maximum Gasteiger partial charge on any atom is 0.331 e. The van der Waals surface area contributed by atoms with Crippen molar-refractivity contribution in [1.29, 1.82) is 0 Å². The number of halogens is 1. The molecule has 1 aromatic carbocycles. The molecule has 0 fully saturated rings. The normalized spacial score (nSPS) is 11.5. The van der Waals surface area contributed by atoms with Crippen LogP contribution < -0.4 is 0 Å². The van der Waals surface area contributed by atoms with E-state index in [1.54, 1.807) is 38.4 Å². The van der Waals surface area contributed by atoms with Gasteiger partial charge in [-0.2, -0.15) is 5.10 Å². The van der Waals surface area contributed by atoms with Gasteiger partial charge in [0, 0.05) is 11.8 Å². The van der Waals surface area contributed by atoms with Gasteiger partial charge in [-0.25, -0.2) is 9.18 Å². The lowest BCUT2D eigenvalue weighted by Crippen LogP contribution is -2.35. The fourth-order valence-corrected chi connectivity index (χ4v) is 1.52. The zero-order chi connectivity index (χ0) is 13.3. The van der Waals surface area contributed by atoms with E-state index < -0.39 is 11.5 Å². The monoisotopic (exact) mass is 248 g/mol. The second-order valence-corrected chi connectivity index (χ2v) is 4.54. The fraction of sp³-hybridized carbons (Fsp3) is 0.231. The zero-order valence-corrected chi connectivity index (χ0v) is 10.1. The van der Waals surface area contributed by atoms with E-state index in [1.165, 1.54) is 16.8 Å². The Morgan fingerprint density at radius 1 is 1.28 bits per heavy atom. The molecule has 2 rings (SSSR count). The molecule has 18 heavy (non-hydrogen) atoms. The van der Waals surface area contributed by atoms with Crippen LogP contribution >= 0.6 is 0 Å². The predicted octanol–water partition coefficient (Wildman–Crippen LogP) is 2.51. The highest BCUT2D eigenvalue weighted by atomic mass is 19.1. The lowest BCUT2D eigenvalue weighted by atomic mass is 10.1. The van der Waals surface area contributed by atoms with Gasteiger partial charge in [-0.05, 0) is 31.5 Å². The van der Waals surface area contributed by atoms with Crippen LogP contribution in [0.15, 0.2) is 36.7 Å². The van der Waals surface area contributed by atoms with Crippen molar-refractivity contribution in [3.05, 3.63) is 42.5 Å². The molecule has 0 bridgehead atoms. The predicted molar refractivity (Wildman–Crippen MR) is 64.6 cm³/mol. The minimum atomic E-state index is -1.11. The number of carboxylic acid groups (broad SMARTS) is 1. The third-order valence-corrected chi connectivity index (χ3v) is 2.86. The molecule has 1 aromatic heterocycles. The van der Waals surface area contributed by atoms with Crippen molar-refractivity contribution >= 4 is 5.97 Å². The summed E-state index contributed by atoms with van der Waals surface area (Å²) in [5, 5.41) is 13.2. The summed E-state index contributed by atoms with van der Waals surface area (Å²) in [6, 6.07) is 5.97. The second kappa shape index (κ2) is 4.25. The number of aromatic nitrogens is 2. The maximum absolute atomic E-state index is 12.8. The number of aliphatic carboxylic acids is 1. The highest BCUT2D eigenvalue weighted by Crippen LogP contribution is 2.22. The fourth-order valence-electron chi connectivity index (χ4n) is 1.52. The first kappa shape index (κ1) is 12.3. The quantitative estimate of drug-likeness (QED) is 0.908. The first-order chi connectivity index (χ1) is 8.41. The molecule has 0 aliphatic rings. The molecule has 0 aliphatic carbocycles. The van der Waals surface area contributed by atoms with Crippen molar-refractivity contribution in [2.24, 2.45) is 0 Å². The van der Waals surface area contributed by atoms with E-state index in [-0.39, 0.29) is 5.82 Å². The van der Waals surface area contributed by atoms with Gasteiger partial charge in [0.15, 0.2) is 5.54 Å². The second-order valence-electron chi connectivity index (χ2n) is 4.54. The number of nitrogens with zero attached hydrogens (tertiary/aromatic N) is 2. The van der Waals surface area contributed by atoms with Crippen molar-refractivity contribution in [2.45, 2.75) is 19.4 Å². The van der Waals surface area contributed by atoms with Gasteiger partial charge in [-0.1, -0.05) is 12.1 Å². The Morgan fingerprint density at radius 3 is 2.44 bits per heavy atom. The van der Waals surface area contributed by atoms with Gasteiger partial charge in [0.05, 0.1) is 6.20 Å². The highest BCUT2D eigenvalue weighted by Gasteiger charge is 2.30. The van der Waals surface area contributed by atoms with Crippen LogP contribution in [0.2, 0.25) is 0 Å². The molecule has 0 spiro atoms. The van der Waals surface area contributed by atoms with E-state index in [9.17, 15) is 9.18 Å². The summed E-state index contributed by atoms with van der Waals surface area (Å²) < 4.78 is 14.2. The van der Waals surface area contributed by atoms with Crippen LogP contribution in [0.1, 0.15) is 13.8 Å². The Morgan fingerprint density at radius 2 is 1.89 bits per heavy atom. The molecule has 2 aromatic rings. The Kier molecular flexibility index (Phi) is 2.90. The molecule has 4 nitrogen and oxygen atoms in total. The third-order valence-electron chi connectivity index (χ3n) is 2.86. The van der Waals surface area contributed by atoms with Gasteiger partial charge in [-0.15, -0.1) is 0 Å². The molecule has 0 saturated heterocycles. The average molecular weight is 248 g/mol. The Balaban J connectivity index is 2.37. The Labute approximate surface area is 104 Å². The van der Waals surface area contributed by atoms with Gasteiger partial charge < -0.3 is 5.11 Å². The van der Waals surface area contributed by atoms with Crippen molar-refractivity contribution in [3.63, 3.8) is 0 Å². The first-order valence-corrected chi connectivity index (χ1v) is 5.46. The summed E-state index contributed by atoms with van der Waals surface area (Å²) in [4.78, 5) is 11.1. The molecule has 5 heteroatoms. The number of benzene rings is 1. The lowest BCUT2D eigenvalue weighted by Gasteiger charge is -2.19. The summed E-state index contributed by atoms with van der Waals surface area (Å²) in [6.45, 7) is 3.13. The number of carboxylic acids is 1. The van der Waals surface area contributed by atoms with E-state index in [4.69, 9.17) is 5.11 Å². The molecule has 0 radical (unpaired) electrons. The Hall–Kier alpha value is -2.17. The summed E-state index contributed by atoms with van der Waals surface area (Å²) in [5.74, 6) is -1.27. The van der Waals surface area contributed by atoms with Gasteiger partial charge in [0.25, 0.3) is 0 Å². The molecular formula is C13H13FN2O2. The molecule has 0 atom stereocenters. The molecule has 1 heterocycles. The minimum absolute atomic E-state index is 0.308. The molecule has 1 N–H and O–H groups in total. The van der Waals surface area contributed by atoms with Gasteiger partial charge in [-0.3, -0.25) is 4.68 Å². The van der Waals surface area contributed by atoms with Crippen molar-refractivity contribution in [2.75, 3.05) is 0 Å². The highest BCUT2D eigenvalue weighted by molar-refractivity contribution is 5.75. The minimum Gasteiger partial charge on any atom is -0.479 e. The number of carbonyl (C=O) groups is 1. The van der Waals surface area contributed by atoms with Crippen LogP contribution in [0.25, 0.3) is 11.1 Å². The SMILES string of the molecule is CC(C)(C(=O)O)n1cc(-c2ccc(F)cc2)cn1. The van der Waals surface area contributed by atoms with E-state index >= 15 is 0 Å². The lowest BCUT2D eigenvalue weighted by molar-refractivity contribution is -0.146. The topological polar surface area (TPSA) is 55.1 Å². The van der Waals surface area contributed by atoms with Gasteiger partial charge in [0.1, 0.15) is 5.82 Å². The average Bonchev–Trinajstić information content (AvgIpc) is 2.79. The number of rotatable bonds is 3. The molecule has 94 valence electrons. The number of hydrogen-bond donors (Lipinski definition) is 1. The number of hydrogen-bond acceptors (Lipinski definition) is 2. The summed E-state index contributed by atoms with van der Waals surface area (Å²) >= 11 is 0. The van der Waals surface area contributed by atoms with Crippen LogP contribution in [0, 0.1) is 5.82 Å². The van der Waals surface area contributed by atoms with Crippen LogP contribution in [0.4, 0.5) is 4.39 Å².